The summed E-state index contributed by atoms with van der Waals surface area (Å²) in [5.41, 5.74) is 1.99. The summed E-state index contributed by atoms with van der Waals surface area (Å²) in [4.78, 5) is 25.0. The van der Waals surface area contributed by atoms with Gasteiger partial charge >= 0.3 is 0 Å². The van der Waals surface area contributed by atoms with Gasteiger partial charge in [0.1, 0.15) is 6.54 Å². The van der Waals surface area contributed by atoms with Gasteiger partial charge in [-0.15, -0.1) is 0 Å². The van der Waals surface area contributed by atoms with E-state index < -0.39 is 0 Å². The molecule has 1 aromatic carbocycles. The third kappa shape index (κ3) is 4.09. The molecule has 5 heteroatoms. The maximum absolute atomic E-state index is 12.3. The molecule has 2 amide bonds. The minimum Gasteiger partial charge on any atom is -0.326 e. The van der Waals surface area contributed by atoms with Crippen LogP contribution in [0, 0.1) is 18.3 Å². The topological polar surface area (TPSA) is 73.2 Å². The molecule has 0 atom stereocenters. The van der Waals surface area contributed by atoms with E-state index in [0.717, 1.165) is 12.0 Å². The zero-order chi connectivity index (χ0) is 15.1. The number of hydrogen-bond acceptors (Lipinski definition) is 3. The Morgan fingerprint density at radius 3 is 2.65 bits per heavy atom. The molecule has 0 unspecified atom stereocenters. The summed E-state index contributed by atoms with van der Waals surface area (Å²) in [5, 5.41) is 11.5. The first kappa shape index (κ1) is 15.7. The Labute approximate surface area is 119 Å². The first-order chi connectivity index (χ1) is 9.49. The van der Waals surface area contributed by atoms with Crippen molar-refractivity contribution < 1.29 is 9.59 Å². The smallest absolute Gasteiger partial charge is 0.254 e. The fourth-order valence-electron chi connectivity index (χ4n) is 1.87. The van der Waals surface area contributed by atoms with Crippen LogP contribution in [0.2, 0.25) is 0 Å². The lowest BCUT2D eigenvalue weighted by molar-refractivity contribution is -0.114. The van der Waals surface area contributed by atoms with Crippen molar-refractivity contribution in [2.75, 3.05) is 18.4 Å². The molecule has 0 aliphatic heterocycles. The average Bonchev–Trinajstić information content (AvgIpc) is 2.40. The van der Waals surface area contributed by atoms with E-state index in [1.54, 1.807) is 18.2 Å². The summed E-state index contributed by atoms with van der Waals surface area (Å²) in [5.74, 6) is -0.375. The zero-order valence-electron chi connectivity index (χ0n) is 12.1. The second-order valence-corrected chi connectivity index (χ2v) is 4.60. The highest BCUT2D eigenvalue weighted by Gasteiger charge is 2.15. The Morgan fingerprint density at radius 1 is 1.40 bits per heavy atom. The van der Waals surface area contributed by atoms with Gasteiger partial charge in [0.2, 0.25) is 5.91 Å². The van der Waals surface area contributed by atoms with Crippen molar-refractivity contribution >= 4 is 17.5 Å². The molecule has 0 saturated heterocycles. The number of amides is 2. The number of nitrogens with one attached hydrogen (secondary N) is 1. The van der Waals surface area contributed by atoms with Crippen LogP contribution in [-0.4, -0.2) is 29.8 Å². The van der Waals surface area contributed by atoms with Crippen LogP contribution in [0.25, 0.3) is 0 Å². The Kier molecular flexibility index (Phi) is 5.73. The van der Waals surface area contributed by atoms with Gasteiger partial charge in [-0.25, -0.2) is 0 Å². The molecule has 5 nitrogen and oxygen atoms in total. The van der Waals surface area contributed by atoms with Crippen LogP contribution in [0.3, 0.4) is 0 Å². The molecule has 0 aromatic heterocycles. The molecular formula is C15H19N3O2. The average molecular weight is 273 g/mol. The van der Waals surface area contributed by atoms with Gasteiger partial charge in [0.05, 0.1) is 6.07 Å². The first-order valence-electron chi connectivity index (χ1n) is 6.54. The molecule has 0 spiro atoms. The predicted molar refractivity (Wildman–Crippen MR) is 77.3 cm³/mol. The summed E-state index contributed by atoms with van der Waals surface area (Å²) >= 11 is 0. The van der Waals surface area contributed by atoms with Gasteiger partial charge in [-0.1, -0.05) is 13.0 Å². The quantitative estimate of drug-likeness (QED) is 0.837. The number of benzene rings is 1. The van der Waals surface area contributed by atoms with E-state index in [-0.39, 0.29) is 18.4 Å². The number of carbonyl (C=O) groups excluding carboxylic acids is 2. The lowest BCUT2D eigenvalue weighted by Gasteiger charge is -2.19. The number of aryl methyl sites for hydroxylation is 1. The van der Waals surface area contributed by atoms with E-state index in [2.05, 4.69) is 5.32 Å². The number of hydrogen-bond donors (Lipinski definition) is 1. The molecule has 0 aliphatic rings. The molecule has 1 aromatic rings. The largest absolute Gasteiger partial charge is 0.326 e. The molecule has 0 bridgehead atoms. The van der Waals surface area contributed by atoms with Crippen molar-refractivity contribution in [2.24, 2.45) is 0 Å². The lowest BCUT2D eigenvalue weighted by Crippen LogP contribution is -2.32. The number of carbonyl (C=O) groups is 2. The number of nitrogens with zero attached hydrogens (tertiary/aromatic N) is 2. The van der Waals surface area contributed by atoms with E-state index in [1.165, 1.54) is 11.8 Å². The maximum atomic E-state index is 12.3. The Morgan fingerprint density at radius 2 is 2.10 bits per heavy atom. The summed E-state index contributed by atoms with van der Waals surface area (Å²) in [6.45, 7) is 5.84. The van der Waals surface area contributed by atoms with E-state index >= 15 is 0 Å². The summed E-state index contributed by atoms with van der Waals surface area (Å²) in [7, 11) is 0. The van der Waals surface area contributed by atoms with E-state index in [4.69, 9.17) is 5.26 Å². The molecule has 1 rings (SSSR count). The standard InChI is InChI=1S/C15H19N3O2/c1-4-8-18(9-7-16)15(20)13-6-5-11(2)14(10-13)17-12(3)19/h5-6,10H,4,8-9H2,1-3H3,(H,17,19). The Bertz CT molecular complexity index is 547. The molecule has 0 fully saturated rings. The van der Waals surface area contributed by atoms with Gasteiger partial charge in [-0.2, -0.15) is 5.26 Å². The second-order valence-electron chi connectivity index (χ2n) is 4.60. The summed E-state index contributed by atoms with van der Waals surface area (Å²) in [6.07, 6.45) is 0.790. The molecule has 0 aliphatic carbocycles. The summed E-state index contributed by atoms with van der Waals surface area (Å²) < 4.78 is 0. The number of rotatable bonds is 5. The van der Waals surface area contributed by atoms with E-state index in [0.29, 0.717) is 17.8 Å². The highest BCUT2D eigenvalue weighted by molar-refractivity contribution is 5.97. The van der Waals surface area contributed by atoms with Gasteiger partial charge in [0.25, 0.3) is 5.91 Å². The normalized spacial score (nSPS) is 9.70. The molecule has 0 radical (unpaired) electrons. The van der Waals surface area contributed by atoms with Crippen LogP contribution in [0.1, 0.15) is 36.2 Å². The van der Waals surface area contributed by atoms with Crippen LogP contribution in [0.4, 0.5) is 5.69 Å². The van der Waals surface area contributed by atoms with Crippen LogP contribution in [0.5, 0.6) is 0 Å². The fraction of sp³-hybridized carbons (Fsp3) is 0.400. The van der Waals surface area contributed by atoms with Crippen molar-refractivity contribution in [3.8, 4) is 6.07 Å². The third-order valence-electron chi connectivity index (χ3n) is 2.84. The van der Waals surface area contributed by atoms with Crippen LogP contribution < -0.4 is 5.32 Å². The van der Waals surface area contributed by atoms with Crippen molar-refractivity contribution in [3.05, 3.63) is 29.3 Å². The van der Waals surface area contributed by atoms with E-state index in [9.17, 15) is 9.59 Å². The van der Waals surface area contributed by atoms with Gasteiger partial charge < -0.3 is 10.2 Å². The number of nitriles is 1. The molecule has 1 N–H and O–H groups in total. The minimum absolute atomic E-state index is 0.0655. The highest BCUT2D eigenvalue weighted by Crippen LogP contribution is 2.18. The van der Waals surface area contributed by atoms with Crippen molar-refractivity contribution in [1.82, 2.24) is 4.90 Å². The molecule has 106 valence electrons. The predicted octanol–water partition coefficient (Wildman–Crippen LogP) is 2.33. The Hall–Kier alpha value is -2.35. The van der Waals surface area contributed by atoms with Gasteiger partial charge in [0.15, 0.2) is 0 Å². The zero-order valence-corrected chi connectivity index (χ0v) is 12.1. The number of anilines is 1. The lowest BCUT2D eigenvalue weighted by atomic mass is 10.1. The van der Waals surface area contributed by atoms with Crippen LogP contribution in [-0.2, 0) is 4.79 Å². The summed E-state index contributed by atoms with van der Waals surface area (Å²) in [6, 6.07) is 7.15. The van der Waals surface area contributed by atoms with Crippen molar-refractivity contribution in [2.45, 2.75) is 27.2 Å². The van der Waals surface area contributed by atoms with E-state index in [1.807, 2.05) is 19.9 Å². The van der Waals surface area contributed by atoms with Crippen LogP contribution in [0.15, 0.2) is 18.2 Å². The van der Waals surface area contributed by atoms with Crippen molar-refractivity contribution in [1.29, 1.82) is 5.26 Å². The fourth-order valence-corrected chi connectivity index (χ4v) is 1.87. The van der Waals surface area contributed by atoms with Crippen LogP contribution >= 0.6 is 0 Å². The van der Waals surface area contributed by atoms with Gasteiger partial charge in [-0.05, 0) is 31.0 Å². The molecule has 0 heterocycles. The second kappa shape index (κ2) is 7.29. The molecular weight excluding hydrogens is 254 g/mol. The van der Waals surface area contributed by atoms with Gasteiger partial charge in [0, 0.05) is 24.7 Å². The first-order valence-corrected chi connectivity index (χ1v) is 6.54. The SMILES string of the molecule is CCCN(CC#N)C(=O)c1ccc(C)c(NC(C)=O)c1. The maximum Gasteiger partial charge on any atom is 0.254 e. The minimum atomic E-state index is -0.194. The Balaban J connectivity index is 3.03. The highest BCUT2D eigenvalue weighted by atomic mass is 16.2. The van der Waals surface area contributed by atoms with Crippen molar-refractivity contribution in [3.63, 3.8) is 0 Å². The molecule has 20 heavy (non-hydrogen) atoms. The molecule has 0 saturated carbocycles. The van der Waals surface area contributed by atoms with Gasteiger partial charge in [-0.3, -0.25) is 9.59 Å². The monoisotopic (exact) mass is 273 g/mol. The third-order valence-corrected chi connectivity index (χ3v) is 2.84.